The van der Waals surface area contributed by atoms with Gasteiger partial charge in [-0.05, 0) is 30.5 Å². The number of benzene rings is 1. The summed E-state index contributed by atoms with van der Waals surface area (Å²) in [5.41, 5.74) is 1.37. The van der Waals surface area contributed by atoms with Crippen molar-refractivity contribution in [2.45, 2.75) is 25.4 Å². The second kappa shape index (κ2) is 7.56. The van der Waals surface area contributed by atoms with Crippen molar-refractivity contribution in [3.8, 4) is 0 Å². The quantitative estimate of drug-likeness (QED) is 0.712. The van der Waals surface area contributed by atoms with Crippen LogP contribution in [0.15, 0.2) is 24.3 Å². The second-order valence-electron chi connectivity index (χ2n) is 5.04. The largest absolute Gasteiger partial charge is 0.480 e. The van der Waals surface area contributed by atoms with Crippen molar-refractivity contribution in [2.24, 2.45) is 0 Å². The molecule has 7 nitrogen and oxygen atoms in total. The van der Waals surface area contributed by atoms with E-state index in [1.165, 1.54) is 0 Å². The number of hydrogen-bond donors (Lipinski definition) is 3. The lowest BCUT2D eigenvalue weighted by molar-refractivity contribution is -0.137. The van der Waals surface area contributed by atoms with E-state index in [1.54, 1.807) is 24.3 Å². The third kappa shape index (κ3) is 4.85. The number of nitrogens with one attached hydrogen (secondary N) is 2. The number of anilines is 1. The Bertz CT molecular complexity index is 550. The molecule has 0 radical (unpaired) electrons. The minimum Gasteiger partial charge on any atom is -0.480 e. The third-order valence-corrected chi connectivity index (χ3v) is 3.25. The van der Waals surface area contributed by atoms with Crippen molar-refractivity contribution in [2.75, 3.05) is 18.5 Å². The van der Waals surface area contributed by atoms with E-state index in [1.807, 2.05) is 0 Å². The van der Waals surface area contributed by atoms with E-state index in [0.717, 1.165) is 18.4 Å². The molecule has 0 saturated carbocycles. The summed E-state index contributed by atoms with van der Waals surface area (Å²) in [7, 11) is 0. The van der Waals surface area contributed by atoms with Crippen molar-refractivity contribution in [3.05, 3.63) is 29.8 Å². The van der Waals surface area contributed by atoms with Crippen LogP contribution in [0.4, 0.5) is 5.69 Å². The molecular weight excluding hydrogens is 288 g/mol. The molecule has 0 aliphatic carbocycles. The number of aliphatic carboxylic acids is 1. The lowest BCUT2D eigenvalue weighted by Crippen LogP contribution is -2.30. The molecule has 0 spiro atoms. The molecule has 1 fully saturated rings. The molecule has 1 aromatic rings. The zero-order valence-electron chi connectivity index (χ0n) is 12.0. The maximum absolute atomic E-state index is 11.9. The standard InChI is InChI=1S/C15H18N2O5/c18-13(16-9-14(19)20)8-10-3-5-11(6-4-10)17-15(21)12-2-1-7-22-12/h3-6,12H,1-2,7-9H2,(H,16,18)(H,17,21)(H,19,20). The van der Waals surface area contributed by atoms with Gasteiger partial charge in [0.15, 0.2) is 0 Å². The number of amides is 2. The van der Waals surface area contributed by atoms with Gasteiger partial charge >= 0.3 is 5.97 Å². The third-order valence-electron chi connectivity index (χ3n) is 3.25. The van der Waals surface area contributed by atoms with Crippen LogP contribution in [0.3, 0.4) is 0 Å². The Balaban J connectivity index is 1.83. The molecule has 1 aromatic carbocycles. The second-order valence-corrected chi connectivity index (χ2v) is 5.04. The zero-order valence-corrected chi connectivity index (χ0v) is 12.0. The van der Waals surface area contributed by atoms with E-state index in [9.17, 15) is 14.4 Å². The maximum Gasteiger partial charge on any atom is 0.322 e. The first-order valence-electron chi connectivity index (χ1n) is 7.04. The highest BCUT2D eigenvalue weighted by molar-refractivity contribution is 5.94. The van der Waals surface area contributed by atoms with Gasteiger partial charge in [-0.15, -0.1) is 0 Å². The van der Waals surface area contributed by atoms with Crippen molar-refractivity contribution < 1.29 is 24.2 Å². The molecule has 2 amide bonds. The van der Waals surface area contributed by atoms with Crippen LogP contribution in [0.5, 0.6) is 0 Å². The summed E-state index contributed by atoms with van der Waals surface area (Å²) in [5.74, 6) is -1.61. The highest BCUT2D eigenvalue weighted by Gasteiger charge is 2.23. The van der Waals surface area contributed by atoms with Crippen LogP contribution in [-0.4, -0.2) is 42.1 Å². The lowest BCUT2D eigenvalue weighted by atomic mass is 10.1. The van der Waals surface area contributed by atoms with Crippen molar-refractivity contribution in [3.63, 3.8) is 0 Å². The van der Waals surface area contributed by atoms with E-state index in [2.05, 4.69) is 10.6 Å². The highest BCUT2D eigenvalue weighted by atomic mass is 16.5. The van der Waals surface area contributed by atoms with Crippen molar-refractivity contribution >= 4 is 23.5 Å². The monoisotopic (exact) mass is 306 g/mol. The van der Waals surface area contributed by atoms with Crippen LogP contribution in [0.1, 0.15) is 18.4 Å². The van der Waals surface area contributed by atoms with E-state index in [0.29, 0.717) is 12.3 Å². The molecule has 1 aliphatic rings. The molecule has 1 unspecified atom stereocenters. The van der Waals surface area contributed by atoms with Gasteiger partial charge in [-0.3, -0.25) is 14.4 Å². The molecule has 0 aromatic heterocycles. The minimum absolute atomic E-state index is 0.0905. The van der Waals surface area contributed by atoms with Crippen LogP contribution in [0.2, 0.25) is 0 Å². The van der Waals surface area contributed by atoms with Crippen LogP contribution >= 0.6 is 0 Å². The van der Waals surface area contributed by atoms with E-state index >= 15 is 0 Å². The Labute approximate surface area is 127 Å². The number of carbonyl (C=O) groups is 3. The first-order valence-corrected chi connectivity index (χ1v) is 7.04. The topological polar surface area (TPSA) is 105 Å². The molecule has 118 valence electrons. The molecule has 0 bridgehead atoms. The fraction of sp³-hybridized carbons (Fsp3) is 0.400. The fourth-order valence-electron chi connectivity index (χ4n) is 2.14. The summed E-state index contributed by atoms with van der Waals surface area (Å²) in [6.45, 7) is 0.219. The number of rotatable bonds is 6. The summed E-state index contributed by atoms with van der Waals surface area (Å²) < 4.78 is 5.30. The normalized spacial score (nSPS) is 17.0. The van der Waals surface area contributed by atoms with E-state index < -0.39 is 12.5 Å². The van der Waals surface area contributed by atoms with Gasteiger partial charge in [-0.2, -0.15) is 0 Å². The Morgan fingerprint density at radius 1 is 1.23 bits per heavy atom. The summed E-state index contributed by atoms with van der Waals surface area (Å²) in [6, 6.07) is 6.83. The summed E-state index contributed by atoms with van der Waals surface area (Å²) >= 11 is 0. The molecule has 1 saturated heterocycles. The van der Waals surface area contributed by atoms with Crippen LogP contribution in [0.25, 0.3) is 0 Å². The van der Waals surface area contributed by atoms with Gasteiger partial charge in [0.25, 0.3) is 5.91 Å². The molecule has 7 heteroatoms. The van der Waals surface area contributed by atoms with Gasteiger partial charge < -0.3 is 20.5 Å². The molecule has 2 rings (SSSR count). The fourth-order valence-corrected chi connectivity index (χ4v) is 2.14. The average molecular weight is 306 g/mol. The van der Waals surface area contributed by atoms with Gasteiger partial charge in [0.2, 0.25) is 5.91 Å². The number of hydrogen-bond acceptors (Lipinski definition) is 4. The Morgan fingerprint density at radius 3 is 2.55 bits per heavy atom. The Hall–Kier alpha value is -2.41. The average Bonchev–Trinajstić information content (AvgIpc) is 3.01. The number of ether oxygens (including phenoxy) is 1. The molecule has 1 atom stereocenters. The number of carboxylic acids is 1. The SMILES string of the molecule is O=C(O)CNC(=O)Cc1ccc(NC(=O)C2CCCO2)cc1. The number of carbonyl (C=O) groups excluding carboxylic acids is 2. The van der Waals surface area contributed by atoms with Crippen molar-refractivity contribution in [1.29, 1.82) is 0 Å². The van der Waals surface area contributed by atoms with Gasteiger partial charge in [-0.1, -0.05) is 12.1 Å². The maximum atomic E-state index is 11.9. The Morgan fingerprint density at radius 2 is 1.95 bits per heavy atom. The summed E-state index contributed by atoms with van der Waals surface area (Å²) in [4.78, 5) is 33.7. The highest BCUT2D eigenvalue weighted by Crippen LogP contribution is 2.16. The van der Waals surface area contributed by atoms with Crippen LogP contribution in [-0.2, 0) is 25.5 Å². The van der Waals surface area contributed by atoms with Crippen molar-refractivity contribution in [1.82, 2.24) is 5.32 Å². The summed E-state index contributed by atoms with van der Waals surface area (Å²) in [6.07, 6.45) is 1.32. The zero-order chi connectivity index (χ0) is 15.9. The molecule has 1 heterocycles. The molecule has 3 N–H and O–H groups in total. The molecule has 1 aliphatic heterocycles. The first kappa shape index (κ1) is 16.0. The van der Waals surface area contributed by atoms with E-state index in [4.69, 9.17) is 9.84 Å². The minimum atomic E-state index is -1.08. The lowest BCUT2D eigenvalue weighted by Gasteiger charge is -2.10. The molecule has 22 heavy (non-hydrogen) atoms. The smallest absolute Gasteiger partial charge is 0.322 e. The predicted octanol–water partition coefficient (Wildman–Crippen LogP) is 0.547. The van der Waals surface area contributed by atoms with Crippen LogP contribution in [0, 0.1) is 0 Å². The van der Waals surface area contributed by atoms with Gasteiger partial charge in [-0.25, -0.2) is 0 Å². The molecular formula is C15H18N2O5. The predicted molar refractivity (Wildman–Crippen MR) is 78.4 cm³/mol. The summed E-state index contributed by atoms with van der Waals surface area (Å²) in [5, 5.41) is 13.5. The first-order chi connectivity index (χ1) is 10.5. The van der Waals surface area contributed by atoms with Crippen LogP contribution < -0.4 is 10.6 Å². The van der Waals surface area contributed by atoms with Gasteiger partial charge in [0.1, 0.15) is 12.6 Å². The van der Waals surface area contributed by atoms with Gasteiger partial charge in [0, 0.05) is 12.3 Å². The van der Waals surface area contributed by atoms with E-state index in [-0.39, 0.29) is 24.3 Å². The Kier molecular flexibility index (Phi) is 5.48. The number of carboxylic acid groups (broad SMARTS) is 1. The van der Waals surface area contributed by atoms with Gasteiger partial charge in [0.05, 0.1) is 6.42 Å².